The molecule has 2 aromatic rings. The van der Waals surface area contributed by atoms with E-state index in [4.69, 9.17) is 10.0 Å². The van der Waals surface area contributed by atoms with Gasteiger partial charge in [-0.2, -0.15) is 0 Å². The summed E-state index contributed by atoms with van der Waals surface area (Å²) in [6, 6.07) is 5.32. The van der Waals surface area contributed by atoms with E-state index < -0.39 is 0 Å². The summed E-state index contributed by atoms with van der Waals surface area (Å²) in [5.41, 5.74) is 1.99. The Morgan fingerprint density at radius 2 is 2.09 bits per heavy atom. The Morgan fingerprint density at radius 1 is 1.30 bits per heavy atom. The molecule has 0 spiro atoms. The summed E-state index contributed by atoms with van der Waals surface area (Å²) in [7, 11) is 0. The molecule has 0 saturated carbocycles. The standard InChI is InChI=1S/C15H18BrN3O4/c16-11-6-7-13-12(9-11)15(21)19(10-17-13)23-8-4-2-1-3-5-14(20)18-22/h6-7,9-10,22H,1-5,8H2,(H,18,20). The van der Waals surface area contributed by atoms with E-state index in [1.807, 2.05) is 6.07 Å². The summed E-state index contributed by atoms with van der Waals surface area (Å²) in [6.07, 6.45) is 4.89. The van der Waals surface area contributed by atoms with Gasteiger partial charge in [0.25, 0.3) is 5.56 Å². The van der Waals surface area contributed by atoms with Gasteiger partial charge in [0, 0.05) is 10.9 Å². The third-order valence-corrected chi connectivity index (χ3v) is 3.84. The van der Waals surface area contributed by atoms with E-state index in [0.717, 1.165) is 28.5 Å². The molecule has 0 bridgehead atoms. The lowest BCUT2D eigenvalue weighted by Crippen LogP contribution is -2.27. The Hall–Kier alpha value is -1.93. The smallest absolute Gasteiger partial charge is 0.293 e. The number of unbranched alkanes of at least 4 members (excludes halogenated alkanes) is 3. The Morgan fingerprint density at radius 3 is 2.87 bits per heavy atom. The zero-order chi connectivity index (χ0) is 16.7. The number of benzene rings is 1. The molecule has 1 aromatic carbocycles. The molecular weight excluding hydrogens is 366 g/mol. The Bertz CT molecular complexity index is 732. The summed E-state index contributed by atoms with van der Waals surface area (Å²) >= 11 is 3.33. The maximum atomic E-state index is 12.3. The van der Waals surface area contributed by atoms with Crippen molar-refractivity contribution in [2.45, 2.75) is 32.1 Å². The highest BCUT2D eigenvalue weighted by molar-refractivity contribution is 9.10. The van der Waals surface area contributed by atoms with Gasteiger partial charge in [-0.1, -0.05) is 22.4 Å². The first-order valence-corrected chi connectivity index (χ1v) is 8.14. The lowest BCUT2D eigenvalue weighted by atomic mass is 10.1. The minimum Gasteiger partial charge on any atom is -0.409 e. The fourth-order valence-corrected chi connectivity index (χ4v) is 2.49. The van der Waals surface area contributed by atoms with Crippen LogP contribution in [0.15, 0.2) is 33.8 Å². The number of rotatable bonds is 8. The van der Waals surface area contributed by atoms with E-state index in [2.05, 4.69) is 20.9 Å². The number of hydrogen-bond donors (Lipinski definition) is 2. The molecule has 0 aliphatic heterocycles. The van der Waals surface area contributed by atoms with Crippen LogP contribution in [0.3, 0.4) is 0 Å². The predicted molar refractivity (Wildman–Crippen MR) is 88.2 cm³/mol. The molecule has 0 unspecified atom stereocenters. The molecule has 23 heavy (non-hydrogen) atoms. The fourth-order valence-electron chi connectivity index (χ4n) is 2.13. The monoisotopic (exact) mass is 383 g/mol. The van der Waals surface area contributed by atoms with Crippen molar-refractivity contribution in [3.63, 3.8) is 0 Å². The molecule has 2 rings (SSSR count). The number of hydrogen-bond acceptors (Lipinski definition) is 5. The van der Waals surface area contributed by atoms with Gasteiger partial charge in [0.05, 0.1) is 10.9 Å². The van der Waals surface area contributed by atoms with Crippen LogP contribution in [0, 0.1) is 0 Å². The van der Waals surface area contributed by atoms with Gasteiger partial charge in [-0.3, -0.25) is 14.8 Å². The van der Waals surface area contributed by atoms with Crippen LogP contribution in [-0.2, 0) is 4.79 Å². The quantitative estimate of drug-likeness (QED) is 0.413. The number of aromatic nitrogens is 2. The molecular formula is C15H18BrN3O4. The lowest BCUT2D eigenvalue weighted by Gasteiger charge is -2.08. The molecule has 0 aliphatic rings. The van der Waals surface area contributed by atoms with E-state index in [9.17, 15) is 9.59 Å². The average Bonchev–Trinajstić information content (AvgIpc) is 2.56. The Kier molecular flexibility index (Phi) is 6.54. The van der Waals surface area contributed by atoms with Gasteiger partial charge < -0.3 is 4.84 Å². The normalized spacial score (nSPS) is 10.7. The highest BCUT2D eigenvalue weighted by Gasteiger charge is 2.05. The van der Waals surface area contributed by atoms with Gasteiger partial charge in [-0.25, -0.2) is 10.5 Å². The minimum absolute atomic E-state index is 0.240. The highest BCUT2D eigenvalue weighted by Crippen LogP contribution is 2.14. The van der Waals surface area contributed by atoms with Crippen LogP contribution in [0.5, 0.6) is 0 Å². The molecule has 1 amide bonds. The molecule has 8 heteroatoms. The highest BCUT2D eigenvalue weighted by atomic mass is 79.9. The number of fused-ring (bicyclic) bond motifs is 1. The molecule has 124 valence electrons. The Labute approximate surface area is 141 Å². The number of carbonyl (C=O) groups is 1. The van der Waals surface area contributed by atoms with Crippen LogP contribution in [0.1, 0.15) is 32.1 Å². The van der Waals surface area contributed by atoms with Gasteiger partial charge in [0.2, 0.25) is 5.91 Å². The zero-order valence-corrected chi connectivity index (χ0v) is 14.1. The zero-order valence-electron chi connectivity index (χ0n) is 12.5. The summed E-state index contributed by atoms with van der Waals surface area (Å²) in [5.74, 6) is -0.374. The van der Waals surface area contributed by atoms with E-state index in [0.29, 0.717) is 30.4 Å². The van der Waals surface area contributed by atoms with Crippen LogP contribution in [0.4, 0.5) is 0 Å². The third kappa shape index (κ3) is 5.04. The van der Waals surface area contributed by atoms with Crippen molar-refractivity contribution in [1.29, 1.82) is 0 Å². The van der Waals surface area contributed by atoms with Crippen molar-refractivity contribution >= 4 is 32.7 Å². The second kappa shape index (κ2) is 8.64. The minimum atomic E-state index is -0.374. The second-order valence-electron chi connectivity index (χ2n) is 5.07. The maximum Gasteiger partial charge on any atom is 0.293 e. The van der Waals surface area contributed by atoms with Crippen molar-refractivity contribution in [3.05, 3.63) is 39.4 Å². The molecule has 0 atom stereocenters. The second-order valence-corrected chi connectivity index (χ2v) is 5.99. The van der Waals surface area contributed by atoms with Crippen LogP contribution in [0.2, 0.25) is 0 Å². The molecule has 1 aromatic heterocycles. The van der Waals surface area contributed by atoms with E-state index >= 15 is 0 Å². The summed E-state index contributed by atoms with van der Waals surface area (Å²) in [6.45, 7) is 0.396. The SMILES string of the molecule is O=C(CCCCCCOn1cnc2ccc(Br)cc2c1=O)NO. The van der Waals surface area contributed by atoms with Crippen molar-refractivity contribution in [2.75, 3.05) is 6.61 Å². The van der Waals surface area contributed by atoms with Crippen molar-refractivity contribution in [3.8, 4) is 0 Å². The van der Waals surface area contributed by atoms with E-state index in [1.165, 1.54) is 6.33 Å². The molecule has 0 fully saturated rings. The van der Waals surface area contributed by atoms with Crippen LogP contribution >= 0.6 is 15.9 Å². The summed E-state index contributed by atoms with van der Waals surface area (Å²) in [5, 5.41) is 8.86. The number of amides is 1. The first-order chi connectivity index (χ1) is 11.1. The molecule has 2 N–H and O–H groups in total. The summed E-state index contributed by atoms with van der Waals surface area (Å²) < 4.78 is 1.96. The number of halogens is 1. The van der Waals surface area contributed by atoms with E-state index in [1.54, 1.807) is 17.6 Å². The van der Waals surface area contributed by atoms with Crippen LogP contribution in [0.25, 0.3) is 10.9 Å². The maximum absolute atomic E-state index is 12.3. The van der Waals surface area contributed by atoms with Gasteiger partial charge in [0.1, 0.15) is 12.9 Å². The average molecular weight is 384 g/mol. The Balaban J connectivity index is 1.80. The van der Waals surface area contributed by atoms with Crippen molar-refractivity contribution < 1.29 is 14.8 Å². The van der Waals surface area contributed by atoms with E-state index in [-0.39, 0.29) is 11.5 Å². The van der Waals surface area contributed by atoms with Gasteiger partial charge in [0.15, 0.2) is 0 Å². The van der Waals surface area contributed by atoms with Gasteiger partial charge in [-0.15, -0.1) is 4.73 Å². The fraction of sp³-hybridized carbons (Fsp3) is 0.400. The predicted octanol–water partition coefficient (Wildman–Crippen LogP) is 2.04. The number of carbonyl (C=O) groups excluding carboxylic acids is 1. The number of nitrogens with zero attached hydrogens (tertiary/aromatic N) is 2. The van der Waals surface area contributed by atoms with Crippen LogP contribution < -0.4 is 15.9 Å². The molecule has 0 radical (unpaired) electrons. The van der Waals surface area contributed by atoms with Crippen LogP contribution in [-0.4, -0.2) is 27.4 Å². The van der Waals surface area contributed by atoms with Gasteiger partial charge in [-0.05, 0) is 37.5 Å². The van der Waals surface area contributed by atoms with Crippen molar-refractivity contribution in [1.82, 2.24) is 15.2 Å². The first kappa shape index (κ1) is 17.4. The largest absolute Gasteiger partial charge is 0.409 e. The first-order valence-electron chi connectivity index (χ1n) is 7.35. The summed E-state index contributed by atoms with van der Waals surface area (Å²) in [4.78, 5) is 32.7. The number of hydroxylamine groups is 1. The molecule has 0 aliphatic carbocycles. The van der Waals surface area contributed by atoms with Gasteiger partial charge >= 0.3 is 0 Å². The third-order valence-electron chi connectivity index (χ3n) is 3.34. The lowest BCUT2D eigenvalue weighted by molar-refractivity contribution is -0.129. The molecule has 7 nitrogen and oxygen atoms in total. The topological polar surface area (TPSA) is 93.5 Å². The number of nitrogens with one attached hydrogen (secondary N) is 1. The molecule has 1 heterocycles. The van der Waals surface area contributed by atoms with Crippen molar-refractivity contribution in [2.24, 2.45) is 0 Å². The molecule has 0 saturated heterocycles.